The van der Waals surface area contributed by atoms with Crippen molar-refractivity contribution in [3.63, 3.8) is 0 Å². The number of aryl methyl sites for hydroxylation is 1. The molecule has 0 unspecified atom stereocenters. The molecule has 1 fully saturated rings. The second kappa shape index (κ2) is 9.36. The summed E-state index contributed by atoms with van der Waals surface area (Å²) in [5.74, 6) is 0.721. The summed E-state index contributed by atoms with van der Waals surface area (Å²) in [6.45, 7) is 5.65. The lowest BCUT2D eigenvalue weighted by Gasteiger charge is -2.29. The number of hydrogen-bond donors (Lipinski definition) is 1. The summed E-state index contributed by atoms with van der Waals surface area (Å²) in [6, 6.07) is 11.2. The van der Waals surface area contributed by atoms with Crippen LogP contribution >= 0.6 is 0 Å². The molecule has 1 atom stereocenters. The molecule has 0 saturated carbocycles. The first-order valence-electron chi connectivity index (χ1n) is 9.61. The number of morpholine rings is 1. The van der Waals surface area contributed by atoms with Crippen molar-refractivity contribution in [2.75, 3.05) is 38.1 Å². The molecule has 1 amide bonds. The van der Waals surface area contributed by atoms with Gasteiger partial charge < -0.3 is 19.1 Å². The van der Waals surface area contributed by atoms with Gasteiger partial charge in [-0.3, -0.25) is 9.52 Å². The van der Waals surface area contributed by atoms with Crippen molar-refractivity contribution in [2.45, 2.75) is 24.8 Å². The molecule has 0 bridgehead atoms. The molecule has 1 aliphatic heterocycles. The zero-order chi connectivity index (χ0) is 21.7. The highest BCUT2D eigenvalue weighted by Crippen LogP contribution is 2.28. The van der Waals surface area contributed by atoms with Crippen molar-refractivity contribution in [1.82, 2.24) is 4.90 Å². The molecule has 1 N–H and O–H groups in total. The summed E-state index contributed by atoms with van der Waals surface area (Å²) in [7, 11) is -2.34. The molecule has 162 valence electrons. The lowest BCUT2D eigenvalue weighted by atomic mass is 10.2. The van der Waals surface area contributed by atoms with Gasteiger partial charge >= 0.3 is 0 Å². The summed E-state index contributed by atoms with van der Waals surface area (Å²) in [4.78, 5) is 14.2. The van der Waals surface area contributed by atoms with Gasteiger partial charge in [0.05, 0.1) is 30.9 Å². The van der Waals surface area contributed by atoms with Crippen LogP contribution in [0.15, 0.2) is 47.4 Å². The largest absolute Gasteiger partial charge is 0.495 e. The number of amides is 1. The molecular weight excluding hydrogens is 408 g/mol. The number of rotatable bonds is 7. The number of anilines is 1. The standard InChI is InChI=1S/C21H26N2O6S/c1-15-4-9-20(27-3)19(14-15)22-30(25,26)18-7-5-17(6-8-18)29-16(2)21(24)23-10-12-28-13-11-23/h4-9,14,16,22H,10-13H2,1-3H3/t16-/m1/s1. The van der Waals surface area contributed by atoms with Crippen LogP contribution in [-0.2, 0) is 19.6 Å². The number of benzene rings is 2. The number of sulfonamides is 1. The average Bonchev–Trinajstić information content (AvgIpc) is 2.74. The van der Waals surface area contributed by atoms with E-state index in [4.69, 9.17) is 14.2 Å². The van der Waals surface area contributed by atoms with Crippen LogP contribution in [0.1, 0.15) is 12.5 Å². The van der Waals surface area contributed by atoms with Gasteiger partial charge in [-0.15, -0.1) is 0 Å². The van der Waals surface area contributed by atoms with E-state index in [-0.39, 0.29) is 10.8 Å². The number of carbonyl (C=O) groups is 1. The quantitative estimate of drug-likeness (QED) is 0.719. The summed E-state index contributed by atoms with van der Waals surface area (Å²) in [5, 5.41) is 0. The van der Waals surface area contributed by atoms with Gasteiger partial charge in [0.2, 0.25) is 0 Å². The molecule has 0 spiro atoms. The van der Waals surface area contributed by atoms with E-state index in [2.05, 4.69) is 4.72 Å². The average molecular weight is 435 g/mol. The SMILES string of the molecule is COc1ccc(C)cc1NS(=O)(=O)c1ccc(O[C@H](C)C(=O)N2CCOCC2)cc1. The van der Waals surface area contributed by atoms with Crippen molar-refractivity contribution >= 4 is 21.6 Å². The zero-order valence-corrected chi connectivity index (χ0v) is 18.1. The molecule has 0 aliphatic carbocycles. The number of nitrogens with one attached hydrogen (secondary N) is 1. The van der Waals surface area contributed by atoms with Gasteiger partial charge in [-0.25, -0.2) is 8.42 Å². The highest BCUT2D eigenvalue weighted by Gasteiger charge is 2.24. The van der Waals surface area contributed by atoms with Crippen LogP contribution in [0.25, 0.3) is 0 Å². The van der Waals surface area contributed by atoms with Crippen molar-refractivity contribution in [3.8, 4) is 11.5 Å². The van der Waals surface area contributed by atoms with Crippen LogP contribution in [0.5, 0.6) is 11.5 Å². The smallest absolute Gasteiger partial charge is 0.263 e. The van der Waals surface area contributed by atoms with E-state index < -0.39 is 16.1 Å². The third-order valence-corrected chi connectivity index (χ3v) is 6.10. The van der Waals surface area contributed by atoms with Crippen LogP contribution in [0.2, 0.25) is 0 Å². The van der Waals surface area contributed by atoms with E-state index in [1.54, 1.807) is 24.0 Å². The minimum absolute atomic E-state index is 0.0746. The van der Waals surface area contributed by atoms with Crippen LogP contribution in [0.3, 0.4) is 0 Å². The highest BCUT2D eigenvalue weighted by molar-refractivity contribution is 7.92. The fourth-order valence-corrected chi connectivity index (χ4v) is 4.16. The first-order chi connectivity index (χ1) is 14.3. The Morgan fingerprint density at radius 2 is 1.80 bits per heavy atom. The van der Waals surface area contributed by atoms with Gasteiger partial charge in [-0.05, 0) is 55.8 Å². The maximum atomic E-state index is 12.7. The Hall–Kier alpha value is -2.78. The lowest BCUT2D eigenvalue weighted by molar-refractivity contribution is -0.142. The van der Waals surface area contributed by atoms with E-state index >= 15 is 0 Å². The number of methoxy groups -OCH3 is 1. The number of ether oxygens (including phenoxy) is 3. The molecule has 9 heteroatoms. The Balaban J connectivity index is 1.68. The number of nitrogens with zero attached hydrogens (tertiary/aromatic N) is 1. The second-order valence-electron chi connectivity index (χ2n) is 6.98. The van der Waals surface area contributed by atoms with Gasteiger partial charge in [0.1, 0.15) is 11.5 Å². The fourth-order valence-electron chi connectivity index (χ4n) is 3.10. The van der Waals surface area contributed by atoms with E-state index in [9.17, 15) is 13.2 Å². The Morgan fingerprint density at radius 3 is 2.43 bits per heavy atom. The van der Waals surface area contributed by atoms with Crippen LogP contribution < -0.4 is 14.2 Å². The second-order valence-corrected chi connectivity index (χ2v) is 8.66. The van der Waals surface area contributed by atoms with E-state index in [1.807, 2.05) is 13.0 Å². The minimum Gasteiger partial charge on any atom is -0.495 e. The van der Waals surface area contributed by atoms with Crippen molar-refractivity contribution < 1.29 is 27.4 Å². The first-order valence-corrected chi connectivity index (χ1v) is 11.1. The Morgan fingerprint density at radius 1 is 1.13 bits per heavy atom. The molecule has 30 heavy (non-hydrogen) atoms. The minimum atomic E-state index is -3.82. The number of hydrogen-bond acceptors (Lipinski definition) is 6. The maximum Gasteiger partial charge on any atom is 0.263 e. The predicted molar refractivity (Wildman–Crippen MR) is 112 cm³/mol. The molecule has 1 heterocycles. The zero-order valence-electron chi connectivity index (χ0n) is 17.3. The van der Waals surface area contributed by atoms with E-state index in [0.29, 0.717) is 43.5 Å². The van der Waals surface area contributed by atoms with Gasteiger partial charge in [0.25, 0.3) is 15.9 Å². The molecule has 0 radical (unpaired) electrons. The third kappa shape index (κ3) is 5.22. The number of carbonyl (C=O) groups excluding carboxylic acids is 1. The van der Waals surface area contributed by atoms with Gasteiger partial charge in [0.15, 0.2) is 6.10 Å². The van der Waals surface area contributed by atoms with Crippen LogP contribution in [0.4, 0.5) is 5.69 Å². The van der Waals surface area contributed by atoms with E-state index in [0.717, 1.165) is 5.56 Å². The fraction of sp³-hybridized carbons (Fsp3) is 0.381. The van der Waals surface area contributed by atoms with Crippen molar-refractivity contribution in [1.29, 1.82) is 0 Å². The van der Waals surface area contributed by atoms with Gasteiger partial charge in [-0.2, -0.15) is 0 Å². The summed E-state index contributed by atoms with van der Waals surface area (Å²) in [5.41, 5.74) is 1.26. The molecule has 2 aromatic carbocycles. The normalized spacial score (nSPS) is 15.4. The van der Waals surface area contributed by atoms with E-state index in [1.165, 1.54) is 31.4 Å². The van der Waals surface area contributed by atoms with Crippen molar-refractivity contribution in [3.05, 3.63) is 48.0 Å². The summed E-state index contributed by atoms with van der Waals surface area (Å²) >= 11 is 0. The molecule has 3 rings (SSSR count). The van der Waals surface area contributed by atoms with Crippen LogP contribution in [-0.4, -0.2) is 58.7 Å². The van der Waals surface area contributed by atoms with Gasteiger partial charge in [0, 0.05) is 13.1 Å². The molecule has 1 saturated heterocycles. The van der Waals surface area contributed by atoms with Crippen molar-refractivity contribution in [2.24, 2.45) is 0 Å². The molecule has 1 aliphatic rings. The monoisotopic (exact) mass is 434 g/mol. The molecule has 2 aromatic rings. The Bertz CT molecular complexity index is 985. The highest BCUT2D eigenvalue weighted by atomic mass is 32.2. The summed E-state index contributed by atoms with van der Waals surface area (Å²) in [6.07, 6.45) is -0.680. The third-order valence-electron chi connectivity index (χ3n) is 4.72. The maximum absolute atomic E-state index is 12.7. The first kappa shape index (κ1) is 21.9. The Kier molecular flexibility index (Phi) is 6.84. The summed E-state index contributed by atoms with van der Waals surface area (Å²) < 4.78 is 44.2. The molecule has 0 aromatic heterocycles. The molecular formula is C21H26N2O6S. The lowest BCUT2D eigenvalue weighted by Crippen LogP contribution is -2.46. The predicted octanol–water partition coefficient (Wildman–Crippen LogP) is 2.43. The topological polar surface area (TPSA) is 94.2 Å². The van der Waals surface area contributed by atoms with Crippen LogP contribution in [0, 0.1) is 6.92 Å². The Labute approximate surface area is 176 Å². The van der Waals surface area contributed by atoms with Gasteiger partial charge in [-0.1, -0.05) is 6.07 Å². The molecule has 8 nitrogen and oxygen atoms in total.